The SMILES string of the molecule is CC(Sc1nc(C(C)(C)C)nc2c1c(=O)n(C)c(=O)n2C)c1cccc([N+](=O)[O-])c1. The molecule has 10 heteroatoms. The summed E-state index contributed by atoms with van der Waals surface area (Å²) in [5.74, 6) is 0.506. The number of nitrogens with zero attached hydrogens (tertiary/aromatic N) is 5. The Labute approximate surface area is 176 Å². The fourth-order valence-electron chi connectivity index (χ4n) is 2.98. The molecule has 0 aliphatic carbocycles. The molecule has 158 valence electrons. The molecular formula is C20H23N5O4S. The van der Waals surface area contributed by atoms with Gasteiger partial charge in [-0.15, -0.1) is 0 Å². The Bertz CT molecular complexity index is 1270. The van der Waals surface area contributed by atoms with E-state index in [1.54, 1.807) is 19.2 Å². The number of non-ortho nitro benzene ring substituents is 1. The Kier molecular flexibility index (Phi) is 5.55. The maximum Gasteiger partial charge on any atom is 0.332 e. The molecule has 0 N–H and O–H groups in total. The van der Waals surface area contributed by atoms with Crippen molar-refractivity contribution < 1.29 is 4.92 Å². The van der Waals surface area contributed by atoms with Crippen molar-refractivity contribution in [2.24, 2.45) is 14.1 Å². The quantitative estimate of drug-likeness (QED) is 0.271. The molecule has 0 bridgehead atoms. The van der Waals surface area contributed by atoms with Crippen LogP contribution in [-0.4, -0.2) is 24.0 Å². The normalized spacial score (nSPS) is 12.9. The van der Waals surface area contributed by atoms with Crippen molar-refractivity contribution in [1.82, 2.24) is 19.1 Å². The predicted octanol–water partition coefficient (Wildman–Crippen LogP) is 3.09. The molecule has 0 spiro atoms. The highest BCUT2D eigenvalue weighted by Gasteiger charge is 2.25. The summed E-state index contributed by atoms with van der Waals surface area (Å²) in [6, 6.07) is 6.38. The molecule has 2 aromatic heterocycles. The number of aryl methyl sites for hydroxylation is 1. The lowest BCUT2D eigenvalue weighted by Gasteiger charge is -2.20. The Hall–Kier alpha value is -3.01. The first-order valence-corrected chi connectivity index (χ1v) is 10.2. The lowest BCUT2D eigenvalue weighted by molar-refractivity contribution is -0.384. The summed E-state index contributed by atoms with van der Waals surface area (Å²) < 4.78 is 2.38. The third-order valence-corrected chi connectivity index (χ3v) is 5.92. The smallest absolute Gasteiger partial charge is 0.280 e. The maximum atomic E-state index is 12.9. The number of benzene rings is 1. The zero-order valence-electron chi connectivity index (χ0n) is 17.7. The minimum Gasteiger partial charge on any atom is -0.280 e. The van der Waals surface area contributed by atoms with Gasteiger partial charge < -0.3 is 0 Å². The average Bonchev–Trinajstić information content (AvgIpc) is 2.69. The zero-order chi connectivity index (χ0) is 22.4. The van der Waals surface area contributed by atoms with E-state index in [2.05, 4.69) is 9.97 Å². The number of hydrogen-bond donors (Lipinski definition) is 0. The fourth-order valence-corrected chi connectivity index (χ4v) is 4.03. The number of nitro benzene ring substituents is 1. The summed E-state index contributed by atoms with van der Waals surface area (Å²) in [5, 5.41) is 11.6. The van der Waals surface area contributed by atoms with Gasteiger partial charge in [0.25, 0.3) is 11.2 Å². The molecule has 0 radical (unpaired) electrons. The van der Waals surface area contributed by atoms with Crippen LogP contribution >= 0.6 is 11.8 Å². The summed E-state index contributed by atoms with van der Waals surface area (Å²) >= 11 is 1.31. The topological polar surface area (TPSA) is 113 Å². The van der Waals surface area contributed by atoms with Gasteiger partial charge in [0.05, 0.1) is 4.92 Å². The van der Waals surface area contributed by atoms with Crippen LogP contribution in [0.15, 0.2) is 38.9 Å². The molecule has 0 saturated heterocycles. The number of fused-ring (bicyclic) bond motifs is 1. The van der Waals surface area contributed by atoms with Crippen LogP contribution in [0, 0.1) is 10.1 Å². The molecule has 30 heavy (non-hydrogen) atoms. The molecule has 9 nitrogen and oxygen atoms in total. The van der Waals surface area contributed by atoms with E-state index in [4.69, 9.17) is 0 Å². The Morgan fingerprint density at radius 3 is 2.40 bits per heavy atom. The van der Waals surface area contributed by atoms with E-state index < -0.39 is 21.6 Å². The highest BCUT2D eigenvalue weighted by atomic mass is 32.2. The van der Waals surface area contributed by atoms with E-state index in [-0.39, 0.29) is 22.0 Å². The fraction of sp³-hybridized carbons (Fsp3) is 0.400. The second-order valence-electron chi connectivity index (χ2n) is 8.12. The molecule has 1 unspecified atom stereocenters. The monoisotopic (exact) mass is 429 g/mol. The largest absolute Gasteiger partial charge is 0.332 e. The second-order valence-corrected chi connectivity index (χ2v) is 9.45. The number of rotatable bonds is 4. The van der Waals surface area contributed by atoms with Gasteiger partial charge in [-0.3, -0.25) is 24.0 Å². The van der Waals surface area contributed by atoms with Gasteiger partial charge in [0.15, 0.2) is 5.65 Å². The molecule has 0 aliphatic heterocycles. The van der Waals surface area contributed by atoms with E-state index in [9.17, 15) is 19.7 Å². The molecule has 0 fully saturated rings. The van der Waals surface area contributed by atoms with Crippen molar-refractivity contribution in [3.63, 3.8) is 0 Å². The summed E-state index contributed by atoms with van der Waals surface area (Å²) in [7, 11) is 2.99. The molecule has 3 rings (SSSR count). The van der Waals surface area contributed by atoms with E-state index in [1.807, 2.05) is 27.7 Å². The highest BCUT2D eigenvalue weighted by molar-refractivity contribution is 7.99. The van der Waals surface area contributed by atoms with Crippen LogP contribution in [-0.2, 0) is 19.5 Å². The molecule has 1 atom stereocenters. The molecule has 2 heterocycles. The van der Waals surface area contributed by atoms with Crippen LogP contribution < -0.4 is 11.2 Å². The van der Waals surface area contributed by atoms with Gasteiger partial charge in [-0.05, 0) is 12.5 Å². The van der Waals surface area contributed by atoms with E-state index in [0.717, 1.165) is 10.1 Å². The highest BCUT2D eigenvalue weighted by Crippen LogP contribution is 2.37. The van der Waals surface area contributed by atoms with E-state index in [1.165, 1.54) is 35.5 Å². The summed E-state index contributed by atoms with van der Waals surface area (Å²) in [5.41, 5.74) is -0.330. The minimum absolute atomic E-state index is 0.00110. The van der Waals surface area contributed by atoms with Gasteiger partial charge in [-0.2, -0.15) is 0 Å². The third kappa shape index (κ3) is 3.87. The van der Waals surface area contributed by atoms with Crippen LogP contribution in [0.1, 0.15) is 44.3 Å². The van der Waals surface area contributed by atoms with Crippen molar-refractivity contribution in [3.8, 4) is 0 Å². The lowest BCUT2D eigenvalue weighted by atomic mass is 9.96. The van der Waals surface area contributed by atoms with Gasteiger partial charge in [-0.25, -0.2) is 14.8 Å². The maximum absolute atomic E-state index is 12.9. The van der Waals surface area contributed by atoms with Crippen molar-refractivity contribution in [3.05, 3.63) is 66.6 Å². The van der Waals surface area contributed by atoms with Crippen LogP contribution in [0.5, 0.6) is 0 Å². The van der Waals surface area contributed by atoms with E-state index in [0.29, 0.717) is 10.9 Å². The van der Waals surface area contributed by atoms with Gasteiger partial charge in [0, 0.05) is 36.9 Å². The van der Waals surface area contributed by atoms with Crippen LogP contribution in [0.3, 0.4) is 0 Å². The standard InChI is InChI=1S/C20H23N5O4S/c1-11(12-8-7-9-13(10-12)25(28)29)30-16-14-15(21-18(22-16)20(2,3)4)23(5)19(27)24(6)17(14)26/h7-11H,1-6H3. The number of hydrogen-bond acceptors (Lipinski definition) is 7. The second kappa shape index (κ2) is 7.67. The Balaban J connectivity index is 2.24. The minimum atomic E-state index is -0.470. The molecule has 3 aromatic rings. The molecular weight excluding hydrogens is 406 g/mol. The molecule has 0 saturated carbocycles. The van der Waals surface area contributed by atoms with Gasteiger partial charge in [-0.1, -0.05) is 44.7 Å². The number of thioether (sulfide) groups is 1. The first-order chi connectivity index (χ1) is 13.9. The molecule has 1 aromatic carbocycles. The summed E-state index contributed by atoms with van der Waals surface area (Å²) in [4.78, 5) is 45.2. The molecule has 0 amide bonds. The van der Waals surface area contributed by atoms with Gasteiger partial charge in [0.2, 0.25) is 0 Å². The zero-order valence-corrected chi connectivity index (χ0v) is 18.5. The summed E-state index contributed by atoms with van der Waals surface area (Å²) in [6.07, 6.45) is 0. The lowest BCUT2D eigenvalue weighted by Crippen LogP contribution is -2.38. The predicted molar refractivity (Wildman–Crippen MR) is 116 cm³/mol. The number of aromatic nitrogens is 4. The Morgan fingerprint density at radius 2 is 1.80 bits per heavy atom. The van der Waals surface area contributed by atoms with Crippen LogP contribution in [0.4, 0.5) is 5.69 Å². The van der Waals surface area contributed by atoms with Gasteiger partial charge in [0.1, 0.15) is 16.2 Å². The van der Waals surface area contributed by atoms with Crippen LogP contribution in [0.25, 0.3) is 11.0 Å². The molecule has 0 aliphatic rings. The Morgan fingerprint density at radius 1 is 1.13 bits per heavy atom. The van der Waals surface area contributed by atoms with E-state index >= 15 is 0 Å². The first kappa shape index (κ1) is 21.7. The average molecular weight is 430 g/mol. The van der Waals surface area contributed by atoms with Crippen molar-refractivity contribution in [1.29, 1.82) is 0 Å². The van der Waals surface area contributed by atoms with Crippen LogP contribution in [0.2, 0.25) is 0 Å². The third-order valence-electron chi connectivity index (χ3n) is 4.78. The van der Waals surface area contributed by atoms with Crippen molar-refractivity contribution in [2.75, 3.05) is 0 Å². The first-order valence-electron chi connectivity index (χ1n) is 9.31. The van der Waals surface area contributed by atoms with Crippen molar-refractivity contribution >= 4 is 28.5 Å². The number of nitro groups is 1. The van der Waals surface area contributed by atoms with Gasteiger partial charge >= 0.3 is 5.69 Å². The summed E-state index contributed by atoms with van der Waals surface area (Å²) in [6.45, 7) is 7.74. The van der Waals surface area contributed by atoms with Crippen molar-refractivity contribution in [2.45, 2.75) is 43.4 Å².